The smallest absolute Gasteiger partial charge is 0.311 e. The molecule has 2 rings (SSSR count). The van der Waals surface area contributed by atoms with E-state index in [-0.39, 0.29) is 5.97 Å². The van der Waals surface area contributed by atoms with E-state index >= 15 is 0 Å². The Kier molecular flexibility index (Phi) is 4.18. The number of carbonyl (C=O) groups is 1. The Hall–Kier alpha value is -1.31. The van der Waals surface area contributed by atoms with E-state index in [9.17, 15) is 4.79 Å². The van der Waals surface area contributed by atoms with E-state index in [1.165, 1.54) is 31.2 Å². The number of esters is 1. The lowest BCUT2D eigenvalue weighted by Gasteiger charge is -2.24. The van der Waals surface area contributed by atoms with Gasteiger partial charge in [-0.25, -0.2) is 0 Å². The molecule has 92 valence electrons. The summed E-state index contributed by atoms with van der Waals surface area (Å²) in [5.74, 6) is 1.05. The highest BCUT2D eigenvalue weighted by molar-refractivity contribution is 5.76. The van der Waals surface area contributed by atoms with E-state index in [1.54, 1.807) is 0 Å². The van der Waals surface area contributed by atoms with Gasteiger partial charge in [0.05, 0.1) is 6.42 Å². The van der Waals surface area contributed by atoms with Gasteiger partial charge >= 0.3 is 5.97 Å². The van der Waals surface area contributed by atoms with Gasteiger partial charge in [0.1, 0.15) is 5.75 Å². The minimum absolute atomic E-state index is 0.0795. The predicted molar refractivity (Wildman–Crippen MR) is 68.2 cm³/mol. The summed E-state index contributed by atoms with van der Waals surface area (Å²) >= 11 is 0. The highest BCUT2D eigenvalue weighted by atomic mass is 16.5. The van der Waals surface area contributed by atoms with E-state index in [4.69, 9.17) is 4.74 Å². The van der Waals surface area contributed by atoms with Crippen LogP contribution < -0.4 is 4.74 Å². The van der Waals surface area contributed by atoms with Crippen molar-refractivity contribution in [2.75, 3.05) is 0 Å². The second-order valence-corrected chi connectivity index (χ2v) is 4.76. The van der Waals surface area contributed by atoms with Crippen LogP contribution in [0.5, 0.6) is 5.75 Å². The minimum atomic E-state index is -0.0795. The van der Waals surface area contributed by atoms with Gasteiger partial charge < -0.3 is 4.74 Å². The molecule has 0 N–H and O–H groups in total. The molecule has 17 heavy (non-hydrogen) atoms. The Morgan fingerprint density at radius 3 is 2.88 bits per heavy atom. The molecule has 0 bridgehead atoms. The lowest BCUT2D eigenvalue weighted by atomic mass is 9.88. The van der Waals surface area contributed by atoms with Gasteiger partial charge in [0, 0.05) is 0 Å². The van der Waals surface area contributed by atoms with E-state index < -0.39 is 0 Å². The highest BCUT2D eigenvalue weighted by Crippen LogP contribution is 2.36. The lowest BCUT2D eigenvalue weighted by molar-refractivity contribution is -0.136. The molecule has 0 spiro atoms. The van der Waals surface area contributed by atoms with Crippen LogP contribution in [0.4, 0.5) is 0 Å². The molecule has 0 amide bonds. The number of benzene rings is 1. The van der Waals surface area contributed by atoms with Crippen LogP contribution in [0.1, 0.15) is 56.9 Å². The molecule has 1 atom stereocenters. The van der Waals surface area contributed by atoms with Gasteiger partial charge in [-0.05, 0) is 24.0 Å². The second kappa shape index (κ2) is 5.85. The Morgan fingerprint density at radius 2 is 2.06 bits per heavy atom. The number of para-hydroxylation sites is 1. The maximum atomic E-state index is 11.5. The summed E-state index contributed by atoms with van der Waals surface area (Å²) < 4.78 is 5.25. The maximum Gasteiger partial charge on any atom is 0.311 e. The Morgan fingerprint density at radius 1 is 1.24 bits per heavy atom. The fraction of sp³-hybridized carbons (Fsp3) is 0.533. The Bertz CT molecular complexity index is 384. The number of carbonyl (C=O) groups excluding carboxylic acids is 1. The standard InChI is InChI=1S/C15H20O2/c1-2-3-4-5-8-12-11-15(16)17-14-10-7-6-9-13(12)14/h6-7,9-10,12H,2-5,8,11H2,1H3/t12-/m0/s1. The molecule has 0 aliphatic carbocycles. The van der Waals surface area contributed by atoms with Crippen LogP contribution in [0.3, 0.4) is 0 Å². The lowest BCUT2D eigenvalue weighted by Crippen LogP contribution is -2.20. The third kappa shape index (κ3) is 3.09. The zero-order valence-corrected chi connectivity index (χ0v) is 10.4. The molecule has 0 saturated carbocycles. The number of unbranched alkanes of at least 4 members (excludes halogenated alkanes) is 3. The number of hydrogen-bond donors (Lipinski definition) is 0. The predicted octanol–water partition coefficient (Wildman–Crippen LogP) is 4.05. The van der Waals surface area contributed by atoms with Crippen LogP contribution in [-0.4, -0.2) is 5.97 Å². The van der Waals surface area contributed by atoms with E-state index in [1.807, 2.05) is 18.2 Å². The first kappa shape index (κ1) is 12.2. The van der Waals surface area contributed by atoms with E-state index in [0.29, 0.717) is 12.3 Å². The van der Waals surface area contributed by atoms with Gasteiger partial charge in [-0.1, -0.05) is 50.8 Å². The van der Waals surface area contributed by atoms with E-state index in [0.717, 1.165) is 12.2 Å². The molecule has 0 fully saturated rings. The summed E-state index contributed by atoms with van der Waals surface area (Å²) in [6.07, 6.45) is 6.67. The van der Waals surface area contributed by atoms with Gasteiger partial charge in [0.2, 0.25) is 0 Å². The Labute approximate surface area is 103 Å². The van der Waals surface area contributed by atoms with Crippen LogP contribution in [-0.2, 0) is 4.79 Å². The van der Waals surface area contributed by atoms with Crippen LogP contribution in [0, 0.1) is 0 Å². The summed E-state index contributed by atoms with van der Waals surface area (Å²) in [5.41, 5.74) is 1.21. The summed E-state index contributed by atoms with van der Waals surface area (Å²) in [6.45, 7) is 2.22. The fourth-order valence-corrected chi connectivity index (χ4v) is 2.46. The molecule has 0 radical (unpaired) electrons. The molecular weight excluding hydrogens is 212 g/mol. The molecule has 0 aromatic heterocycles. The normalized spacial score (nSPS) is 18.6. The first-order valence-electron chi connectivity index (χ1n) is 6.61. The Balaban J connectivity index is 2.00. The zero-order valence-electron chi connectivity index (χ0n) is 10.4. The van der Waals surface area contributed by atoms with Crippen molar-refractivity contribution in [1.82, 2.24) is 0 Å². The molecule has 1 aliphatic heterocycles. The average Bonchev–Trinajstić information content (AvgIpc) is 2.34. The molecule has 2 nitrogen and oxygen atoms in total. The summed E-state index contributed by atoms with van der Waals surface area (Å²) in [5, 5.41) is 0. The SMILES string of the molecule is CCCCCC[C@H]1CC(=O)Oc2ccccc21. The average molecular weight is 232 g/mol. The van der Waals surface area contributed by atoms with Gasteiger partial charge in [0.15, 0.2) is 0 Å². The van der Waals surface area contributed by atoms with Crippen molar-refractivity contribution in [1.29, 1.82) is 0 Å². The fourth-order valence-electron chi connectivity index (χ4n) is 2.46. The van der Waals surface area contributed by atoms with Crippen molar-refractivity contribution in [2.45, 2.75) is 51.4 Å². The van der Waals surface area contributed by atoms with Gasteiger partial charge in [-0.15, -0.1) is 0 Å². The maximum absolute atomic E-state index is 11.5. The van der Waals surface area contributed by atoms with Crippen molar-refractivity contribution in [3.63, 3.8) is 0 Å². The van der Waals surface area contributed by atoms with Gasteiger partial charge in [-0.2, -0.15) is 0 Å². The summed E-state index contributed by atoms with van der Waals surface area (Å²) in [6, 6.07) is 7.93. The molecule has 0 unspecified atom stereocenters. The monoisotopic (exact) mass is 232 g/mol. The number of rotatable bonds is 5. The van der Waals surface area contributed by atoms with Gasteiger partial charge in [-0.3, -0.25) is 4.79 Å². The topological polar surface area (TPSA) is 26.3 Å². The summed E-state index contributed by atoms with van der Waals surface area (Å²) in [4.78, 5) is 11.5. The molecule has 1 aliphatic rings. The molecule has 2 heteroatoms. The molecular formula is C15H20O2. The molecule has 1 aromatic carbocycles. The second-order valence-electron chi connectivity index (χ2n) is 4.76. The van der Waals surface area contributed by atoms with Crippen molar-refractivity contribution < 1.29 is 9.53 Å². The highest BCUT2D eigenvalue weighted by Gasteiger charge is 2.25. The largest absolute Gasteiger partial charge is 0.426 e. The minimum Gasteiger partial charge on any atom is -0.426 e. The van der Waals surface area contributed by atoms with Crippen LogP contribution in [0.25, 0.3) is 0 Å². The first-order valence-corrected chi connectivity index (χ1v) is 6.61. The van der Waals surface area contributed by atoms with E-state index in [2.05, 4.69) is 13.0 Å². The number of hydrogen-bond acceptors (Lipinski definition) is 2. The van der Waals surface area contributed by atoms with Crippen molar-refractivity contribution >= 4 is 5.97 Å². The van der Waals surface area contributed by atoms with Crippen molar-refractivity contribution in [3.05, 3.63) is 29.8 Å². The molecule has 1 heterocycles. The number of fused-ring (bicyclic) bond motifs is 1. The third-order valence-corrected chi connectivity index (χ3v) is 3.40. The van der Waals surface area contributed by atoms with Crippen LogP contribution in [0.15, 0.2) is 24.3 Å². The zero-order chi connectivity index (χ0) is 12.1. The third-order valence-electron chi connectivity index (χ3n) is 3.40. The molecule has 1 aromatic rings. The quantitative estimate of drug-likeness (QED) is 0.435. The van der Waals surface area contributed by atoms with Crippen molar-refractivity contribution in [2.24, 2.45) is 0 Å². The first-order chi connectivity index (χ1) is 8.31. The van der Waals surface area contributed by atoms with Crippen LogP contribution >= 0.6 is 0 Å². The summed E-state index contributed by atoms with van der Waals surface area (Å²) in [7, 11) is 0. The molecule has 0 saturated heterocycles. The van der Waals surface area contributed by atoms with Gasteiger partial charge in [0.25, 0.3) is 0 Å². The number of ether oxygens (including phenoxy) is 1. The van der Waals surface area contributed by atoms with Crippen LogP contribution in [0.2, 0.25) is 0 Å². The van der Waals surface area contributed by atoms with Crippen molar-refractivity contribution in [3.8, 4) is 5.75 Å².